The number of carbonyl (C=O) groups excluding carboxylic acids is 2. The van der Waals surface area contributed by atoms with Crippen molar-refractivity contribution in [3.63, 3.8) is 0 Å². The molecule has 0 unspecified atom stereocenters. The molecule has 0 radical (unpaired) electrons. The van der Waals surface area contributed by atoms with Gasteiger partial charge in [0, 0.05) is 38.7 Å². The summed E-state index contributed by atoms with van der Waals surface area (Å²) < 4.78 is 5.73. The van der Waals surface area contributed by atoms with Crippen LogP contribution in [0.25, 0.3) is 0 Å². The second-order valence-corrected chi connectivity index (χ2v) is 6.45. The molecule has 3 rings (SSSR count). The Bertz CT molecular complexity index is 744. The highest BCUT2D eigenvalue weighted by Crippen LogP contribution is 2.14. The first-order chi connectivity index (χ1) is 12.6. The maximum atomic E-state index is 12.7. The molecule has 0 atom stereocenters. The van der Waals surface area contributed by atoms with Crippen molar-refractivity contribution in [1.82, 2.24) is 9.80 Å². The molecule has 1 aliphatic heterocycles. The average molecular weight is 352 g/mol. The van der Waals surface area contributed by atoms with E-state index >= 15 is 0 Å². The maximum Gasteiger partial charge on any atom is 0.253 e. The van der Waals surface area contributed by atoms with Gasteiger partial charge in [-0.25, -0.2) is 0 Å². The van der Waals surface area contributed by atoms with Gasteiger partial charge in [0.05, 0.1) is 0 Å². The first-order valence-electron chi connectivity index (χ1n) is 8.95. The van der Waals surface area contributed by atoms with Gasteiger partial charge in [-0.3, -0.25) is 9.59 Å². The van der Waals surface area contributed by atoms with Gasteiger partial charge in [0.15, 0.2) is 0 Å². The topological polar surface area (TPSA) is 49.9 Å². The minimum atomic E-state index is 0.0194. The predicted octanol–water partition coefficient (Wildman–Crippen LogP) is 2.96. The molecule has 0 aliphatic carbocycles. The fraction of sp³-hybridized carbons (Fsp3) is 0.333. The third-order valence-electron chi connectivity index (χ3n) is 4.58. The van der Waals surface area contributed by atoms with Crippen LogP contribution in [0.2, 0.25) is 0 Å². The van der Waals surface area contributed by atoms with E-state index in [1.807, 2.05) is 59.5 Å². The summed E-state index contributed by atoms with van der Waals surface area (Å²) in [5.41, 5.74) is 1.69. The number of carbonyl (C=O) groups is 2. The molecule has 0 bridgehead atoms. The molecule has 5 nitrogen and oxygen atoms in total. The molecule has 5 heteroatoms. The van der Waals surface area contributed by atoms with Gasteiger partial charge >= 0.3 is 0 Å². The zero-order valence-corrected chi connectivity index (χ0v) is 15.1. The van der Waals surface area contributed by atoms with Gasteiger partial charge in [-0.15, -0.1) is 0 Å². The van der Waals surface area contributed by atoms with E-state index in [1.54, 1.807) is 11.8 Å². The average Bonchev–Trinajstić information content (AvgIpc) is 2.93. The van der Waals surface area contributed by atoms with Crippen LogP contribution in [0.3, 0.4) is 0 Å². The third kappa shape index (κ3) is 4.63. The van der Waals surface area contributed by atoms with Crippen LogP contribution in [0.5, 0.6) is 5.75 Å². The summed E-state index contributed by atoms with van der Waals surface area (Å²) in [7, 11) is 0. The highest BCUT2D eigenvalue weighted by Gasteiger charge is 2.21. The van der Waals surface area contributed by atoms with Gasteiger partial charge in [0.1, 0.15) is 12.4 Å². The van der Waals surface area contributed by atoms with Crippen molar-refractivity contribution in [3.05, 3.63) is 65.7 Å². The van der Waals surface area contributed by atoms with Gasteiger partial charge in [0.2, 0.25) is 5.91 Å². The summed E-state index contributed by atoms with van der Waals surface area (Å²) in [4.78, 5) is 27.9. The van der Waals surface area contributed by atoms with E-state index in [1.165, 1.54) is 0 Å². The number of rotatable bonds is 4. The van der Waals surface area contributed by atoms with Crippen LogP contribution in [0, 0.1) is 0 Å². The number of hydrogen-bond donors (Lipinski definition) is 0. The first-order valence-corrected chi connectivity index (χ1v) is 8.95. The summed E-state index contributed by atoms with van der Waals surface area (Å²) in [6.07, 6.45) is 0.814. The summed E-state index contributed by atoms with van der Waals surface area (Å²) in [6, 6.07) is 17.2. The second kappa shape index (κ2) is 8.52. The number of hydrogen-bond acceptors (Lipinski definition) is 3. The molecule has 26 heavy (non-hydrogen) atoms. The van der Waals surface area contributed by atoms with E-state index in [0.717, 1.165) is 24.3 Å². The van der Waals surface area contributed by atoms with Gasteiger partial charge in [-0.05, 0) is 36.2 Å². The Morgan fingerprint density at radius 3 is 2.23 bits per heavy atom. The van der Waals surface area contributed by atoms with E-state index < -0.39 is 0 Å². The number of ether oxygens (including phenoxy) is 1. The molecule has 1 aliphatic rings. The smallest absolute Gasteiger partial charge is 0.253 e. The van der Waals surface area contributed by atoms with Crippen molar-refractivity contribution in [1.29, 1.82) is 0 Å². The molecule has 2 aromatic rings. The summed E-state index contributed by atoms with van der Waals surface area (Å²) in [5, 5.41) is 0. The minimum Gasteiger partial charge on any atom is -0.489 e. The number of benzene rings is 2. The molecule has 2 aromatic carbocycles. The summed E-state index contributed by atoms with van der Waals surface area (Å²) >= 11 is 0. The van der Waals surface area contributed by atoms with Crippen molar-refractivity contribution >= 4 is 11.8 Å². The zero-order valence-electron chi connectivity index (χ0n) is 15.1. The van der Waals surface area contributed by atoms with Crippen molar-refractivity contribution in [2.45, 2.75) is 20.0 Å². The Morgan fingerprint density at radius 2 is 1.54 bits per heavy atom. The lowest BCUT2D eigenvalue weighted by Crippen LogP contribution is -2.36. The fourth-order valence-electron chi connectivity index (χ4n) is 3.04. The molecule has 136 valence electrons. The maximum absolute atomic E-state index is 12.7. The summed E-state index contributed by atoms with van der Waals surface area (Å²) in [5.74, 6) is 0.917. The monoisotopic (exact) mass is 352 g/mol. The van der Waals surface area contributed by atoms with E-state index in [0.29, 0.717) is 31.8 Å². The lowest BCUT2D eigenvalue weighted by molar-refractivity contribution is -0.128. The Kier molecular flexibility index (Phi) is 5.89. The highest BCUT2D eigenvalue weighted by molar-refractivity contribution is 5.94. The molecule has 0 saturated carbocycles. The molecule has 1 heterocycles. The van der Waals surface area contributed by atoms with Crippen LogP contribution in [0.15, 0.2) is 54.6 Å². The standard InChI is InChI=1S/C21H24N2O3/c1-17(24)22-12-5-13-23(15-14-22)21(25)19-10-8-18(9-11-19)16-26-20-6-3-2-4-7-20/h2-4,6-11H,5,12-16H2,1H3. The molecular formula is C21H24N2O3. The Morgan fingerprint density at radius 1 is 0.885 bits per heavy atom. The third-order valence-corrected chi connectivity index (χ3v) is 4.58. The van der Waals surface area contributed by atoms with Crippen LogP contribution in [0.4, 0.5) is 0 Å². The van der Waals surface area contributed by atoms with Gasteiger partial charge < -0.3 is 14.5 Å². The number of amides is 2. The predicted molar refractivity (Wildman–Crippen MR) is 100.0 cm³/mol. The van der Waals surface area contributed by atoms with Gasteiger partial charge in [-0.2, -0.15) is 0 Å². The van der Waals surface area contributed by atoms with Gasteiger partial charge in [0.25, 0.3) is 5.91 Å². The van der Waals surface area contributed by atoms with Crippen LogP contribution >= 0.6 is 0 Å². The molecule has 0 aromatic heterocycles. The van der Waals surface area contributed by atoms with Crippen LogP contribution in [-0.2, 0) is 11.4 Å². The second-order valence-electron chi connectivity index (χ2n) is 6.45. The highest BCUT2D eigenvalue weighted by atomic mass is 16.5. The van der Waals surface area contributed by atoms with Gasteiger partial charge in [-0.1, -0.05) is 30.3 Å². The molecule has 2 amide bonds. The van der Waals surface area contributed by atoms with E-state index in [9.17, 15) is 9.59 Å². The molecule has 0 N–H and O–H groups in total. The molecule has 1 fully saturated rings. The summed E-state index contributed by atoms with van der Waals surface area (Å²) in [6.45, 7) is 4.63. The minimum absolute atomic E-state index is 0.0194. The largest absolute Gasteiger partial charge is 0.489 e. The molecular weight excluding hydrogens is 328 g/mol. The van der Waals surface area contributed by atoms with Crippen LogP contribution < -0.4 is 4.74 Å². The quantitative estimate of drug-likeness (QED) is 0.850. The lowest BCUT2D eigenvalue weighted by Gasteiger charge is -2.21. The zero-order chi connectivity index (χ0) is 18.4. The molecule has 1 saturated heterocycles. The number of para-hydroxylation sites is 1. The lowest BCUT2D eigenvalue weighted by atomic mass is 10.1. The van der Waals surface area contributed by atoms with Crippen molar-refractivity contribution in [2.24, 2.45) is 0 Å². The van der Waals surface area contributed by atoms with E-state index in [-0.39, 0.29) is 11.8 Å². The van der Waals surface area contributed by atoms with E-state index in [4.69, 9.17) is 4.74 Å². The SMILES string of the molecule is CC(=O)N1CCCN(C(=O)c2ccc(COc3ccccc3)cc2)CC1. The van der Waals surface area contributed by atoms with E-state index in [2.05, 4.69) is 0 Å². The Labute approximate surface area is 154 Å². The fourth-order valence-corrected chi connectivity index (χ4v) is 3.04. The number of nitrogens with zero attached hydrogens (tertiary/aromatic N) is 2. The van der Waals surface area contributed by atoms with Crippen LogP contribution in [-0.4, -0.2) is 47.8 Å². The van der Waals surface area contributed by atoms with Crippen molar-refractivity contribution in [3.8, 4) is 5.75 Å². The Balaban J connectivity index is 1.57. The van der Waals surface area contributed by atoms with Crippen molar-refractivity contribution in [2.75, 3.05) is 26.2 Å². The molecule has 0 spiro atoms. The van der Waals surface area contributed by atoms with Crippen LogP contribution in [0.1, 0.15) is 29.3 Å². The van der Waals surface area contributed by atoms with Crippen molar-refractivity contribution < 1.29 is 14.3 Å². The first kappa shape index (κ1) is 18.0. The normalized spacial score (nSPS) is 14.7. The Hall–Kier alpha value is -2.82.